The topological polar surface area (TPSA) is 77.5 Å². The first-order chi connectivity index (χ1) is 11.2. The zero-order valence-electron chi connectivity index (χ0n) is 12.5. The van der Waals surface area contributed by atoms with E-state index in [1.54, 1.807) is 30.5 Å². The molecule has 0 unspecified atom stereocenters. The lowest BCUT2D eigenvalue weighted by molar-refractivity contribution is -0.147. The van der Waals surface area contributed by atoms with E-state index >= 15 is 0 Å². The summed E-state index contributed by atoms with van der Waals surface area (Å²) in [6.45, 7) is -0.0444. The Morgan fingerprint density at radius 2 is 2.13 bits per heavy atom. The van der Waals surface area contributed by atoms with E-state index < -0.39 is 5.97 Å². The normalized spacial score (nSPS) is 13.0. The second kappa shape index (κ2) is 6.91. The van der Waals surface area contributed by atoms with Crippen LogP contribution >= 0.6 is 0 Å². The minimum absolute atomic E-state index is 0.0178. The zero-order valence-corrected chi connectivity index (χ0v) is 12.5. The van der Waals surface area contributed by atoms with Crippen molar-refractivity contribution in [3.63, 3.8) is 0 Å². The number of benzene rings is 1. The molecule has 0 atom stereocenters. The summed E-state index contributed by atoms with van der Waals surface area (Å²) in [7, 11) is 0. The zero-order chi connectivity index (χ0) is 16.1. The molecule has 0 spiro atoms. The predicted octanol–water partition coefficient (Wildman–Crippen LogP) is 2.09. The van der Waals surface area contributed by atoms with E-state index in [4.69, 9.17) is 9.47 Å². The standard InChI is InChI=1S/C17H16N2O4/c20-16-7-4-12-9-14(5-6-15(12)19-16)22-11-17(21)23-10-13-3-1-2-8-18-13/h1-3,5-6,8-9H,4,7,10-11H2,(H,19,20). The van der Waals surface area contributed by atoms with Crippen LogP contribution < -0.4 is 10.1 Å². The van der Waals surface area contributed by atoms with E-state index in [2.05, 4.69) is 10.3 Å². The maximum Gasteiger partial charge on any atom is 0.344 e. The average Bonchev–Trinajstić information content (AvgIpc) is 2.59. The predicted molar refractivity (Wildman–Crippen MR) is 82.9 cm³/mol. The molecule has 2 aromatic rings. The molecule has 6 nitrogen and oxygen atoms in total. The van der Waals surface area contributed by atoms with Gasteiger partial charge in [-0.1, -0.05) is 6.07 Å². The fraction of sp³-hybridized carbons (Fsp3) is 0.235. The molecular formula is C17H16N2O4. The summed E-state index contributed by atoms with van der Waals surface area (Å²) >= 11 is 0. The molecule has 1 aliphatic rings. The van der Waals surface area contributed by atoms with Crippen LogP contribution in [0.1, 0.15) is 17.7 Å². The van der Waals surface area contributed by atoms with E-state index in [0.717, 1.165) is 11.3 Å². The van der Waals surface area contributed by atoms with Gasteiger partial charge in [0.1, 0.15) is 12.4 Å². The number of pyridine rings is 1. The number of esters is 1. The number of amides is 1. The minimum Gasteiger partial charge on any atom is -0.482 e. The van der Waals surface area contributed by atoms with Gasteiger partial charge in [0.15, 0.2) is 6.61 Å². The van der Waals surface area contributed by atoms with E-state index in [1.807, 2.05) is 12.1 Å². The molecule has 118 valence electrons. The first kappa shape index (κ1) is 15.0. The van der Waals surface area contributed by atoms with Crippen LogP contribution in [0.25, 0.3) is 0 Å². The monoisotopic (exact) mass is 312 g/mol. The summed E-state index contributed by atoms with van der Waals surface area (Å²) in [6.07, 6.45) is 2.77. The van der Waals surface area contributed by atoms with Gasteiger partial charge in [-0.05, 0) is 42.3 Å². The molecule has 6 heteroatoms. The molecule has 0 saturated carbocycles. The number of aromatic nitrogens is 1. The molecule has 0 radical (unpaired) electrons. The van der Waals surface area contributed by atoms with Crippen LogP contribution in [0.15, 0.2) is 42.6 Å². The smallest absolute Gasteiger partial charge is 0.344 e. The van der Waals surface area contributed by atoms with Crippen LogP contribution in [0.3, 0.4) is 0 Å². The summed E-state index contributed by atoms with van der Waals surface area (Å²) < 4.78 is 10.5. The molecule has 1 amide bonds. The van der Waals surface area contributed by atoms with Crippen LogP contribution in [0.4, 0.5) is 5.69 Å². The van der Waals surface area contributed by atoms with Gasteiger partial charge in [0.05, 0.1) is 5.69 Å². The summed E-state index contributed by atoms with van der Waals surface area (Å²) in [5.74, 6) is 0.139. The number of carbonyl (C=O) groups is 2. The van der Waals surface area contributed by atoms with E-state index in [1.165, 1.54) is 0 Å². The van der Waals surface area contributed by atoms with Gasteiger partial charge >= 0.3 is 5.97 Å². The van der Waals surface area contributed by atoms with Crippen molar-refractivity contribution in [3.05, 3.63) is 53.9 Å². The molecule has 1 N–H and O–H groups in total. The highest BCUT2D eigenvalue weighted by atomic mass is 16.6. The molecule has 3 rings (SSSR count). The van der Waals surface area contributed by atoms with Gasteiger partial charge in [0, 0.05) is 18.3 Å². The molecule has 1 aromatic heterocycles. The Labute approximate surface area is 133 Å². The largest absolute Gasteiger partial charge is 0.482 e. The highest BCUT2D eigenvalue weighted by Crippen LogP contribution is 2.26. The van der Waals surface area contributed by atoms with E-state index in [0.29, 0.717) is 24.3 Å². The molecule has 0 saturated heterocycles. The van der Waals surface area contributed by atoms with Gasteiger partial charge in [0.2, 0.25) is 5.91 Å². The molecule has 1 aliphatic heterocycles. The van der Waals surface area contributed by atoms with Crippen molar-refractivity contribution in [2.24, 2.45) is 0 Å². The summed E-state index contributed by atoms with van der Waals surface area (Å²) in [5.41, 5.74) is 2.49. The number of fused-ring (bicyclic) bond motifs is 1. The Hall–Kier alpha value is -2.89. The number of carbonyl (C=O) groups excluding carboxylic acids is 2. The van der Waals surface area contributed by atoms with Crippen LogP contribution in [0, 0.1) is 0 Å². The van der Waals surface area contributed by atoms with Crippen molar-refractivity contribution >= 4 is 17.6 Å². The third-order valence-corrected chi connectivity index (χ3v) is 3.44. The average molecular weight is 312 g/mol. The quantitative estimate of drug-likeness (QED) is 0.855. The third kappa shape index (κ3) is 4.06. The summed E-state index contributed by atoms with van der Waals surface area (Å²) in [6, 6.07) is 10.7. The Bertz CT molecular complexity index is 716. The van der Waals surface area contributed by atoms with Crippen LogP contribution in [0.5, 0.6) is 5.75 Å². The van der Waals surface area contributed by atoms with Gasteiger partial charge < -0.3 is 14.8 Å². The lowest BCUT2D eigenvalue weighted by Crippen LogP contribution is -2.19. The highest BCUT2D eigenvalue weighted by molar-refractivity contribution is 5.94. The Balaban J connectivity index is 1.50. The van der Waals surface area contributed by atoms with Crippen molar-refractivity contribution in [1.82, 2.24) is 4.98 Å². The lowest BCUT2D eigenvalue weighted by Gasteiger charge is -2.17. The number of nitrogens with one attached hydrogen (secondary N) is 1. The first-order valence-electron chi connectivity index (χ1n) is 7.32. The van der Waals surface area contributed by atoms with Gasteiger partial charge in [-0.15, -0.1) is 0 Å². The Kier molecular flexibility index (Phi) is 4.52. The van der Waals surface area contributed by atoms with Crippen LogP contribution in [-0.4, -0.2) is 23.5 Å². The summed E-state index contributed by atoms with van der Waals surface area (Å²) in [5, 5.41) is 2.80. The Morgan fingerprint density at radius 1 is 1.22 bits per heavy atom. The molecule has 0 bridgehead atoms. The molecule has 2 heterocycles. The SMILES string of the molecule is O=C1CCc2cc(OCC(=O)OCc3ccccn3)ccc2N1. The molecule has 23 heavy (non-hydrogen) atoms. The van der Waals surface area contributed by atoms with Gasteiger partial charge in [-0.3, -0.25) is 9.78 Å². The van der Waals surface area contributed by atoms with Crippen molar-refractivity contribution in [3.8, 4) is 5.75 Å². The molecule has 0 fully saturated rings. The van der Waals surface area contributed by atoms with Crippen molar-refractivity contribution in [2.75, 3.05) is 11.9 Å². The fourth-order valence-corrected chi connectivity index (χ4v) is 2.27. The number of hydrogen-bond acceptors (Lipinski definition) is 5. The number of aryl methyl sites for hydroxylation is 1. The summed E-state index contributed by atoms with van der Waals surface area (Å²) in [4.78, 5) is 27.1. The molecule has 1 aromatic carbocycles. The van der Waals surface area contributed by atoms with E-state index in [9.17, 15) is 9.59 Å². The second-order valence-electron chi connectivity index (χ2n) is 5.14. The highest BCUT2D eigenvalue weighted by Gasteiger charge is 2.15. The van der Waals surface area contributed by atoms with E-state index in [-0.39, 0.29) is 19.1 Å². The first-order valence-corrected chi connectivity index (χ1v) is 7.32. The van der Waals surface area contributed by atoms with Gasteiger partial charge in [0.25, 0.3) is 0 Å². The maximum absolute atomic E-state index is 11.7. The number of rotatable bonds is 5. The Morgan fingerprint density at radius 3 is 2.96 bits per heavy atom. The van der Waals surface area contributed by atoms with Crippen LogP contribution in [-0.2, 0) is 27.4 Å². The third-order valence-electron chi connectivity index (χ3n) is 3.44. The van der Waals surface area contributed by atoms with Crippen molar-refractivity contribution in [2.45, 2.75) is 19.4 Å². The van der Waals surface area contributed by atoms with Crippen molar-refractivity contribution < 1.29 is 19.1 Å². The molecule has 0 aliphatic carbocycles. The second-order valence-corrected chi connectivity index (χ2v) is 5.14. The van der Waals surface area contributed by atoms with Crippen molar-refractivity contribution in [1.29, 1.82) is 0 Å². The fourth-order valence-electron chi connectivity index (χ4n) is 2.27. The number of anilines is 1. The number of ether oxygens (including phenoxy) is 2. The number of nitrogens with zero attached hydrogens (tertiary/aromatic N) is 1. The maximum atomic E-state index is 11.7. The molecular weight excluding hydrogens is 296 g/mol. The van der Waals surface area contributed by atoms with Gasteiger partial charge in [-0.25, -0.2) is 4.79 Å². The van der Waals surface area contributed by atoms with Gasteiger partial charge in [-0.2, -0.15) is 0 Å². The number of hydrogen-bond donors (Lipinski definition) is 1. The lowest BCUT2D eigenvalue weighted by atomic mass is 10.0. The minimum atomic E-state index is -0.457. The van der Waals surface area contributed by atoms with Crippen LogP contribution in [0.2, 0.25) is 0 Å².